The fourth-order valence-corrected chi connectivity index (χ4v) is 3.04. The number of rotatable bonds is 2. The van der Waals surface area contributed by atoms with Crippen molar-refractivity contribution in [2.45, 2.75) is 39.0 Å². The van der Waals surface area contributed by atoms with Crippen LogP contribution in [0.2, 0.25) is 0 Å². The number of hydrogen-bond acceptors (Lipinski definition) is 1. The molecule has 1 aliphatic carbocycles. The summed E-state index contributed by atoms with van der Waals surface area (Å²) in [5, 5.41) is 0. The van der Waals surface area contributed by atoms with Gasteiger partial charge in [0.1, 0.15) is 0 Å². The van der Waals surface area contributed by atoms with Gasteiger partial charge >= 0.3 is 0 Å². The highest BCUT2D eigenvalue weighted by Gasteiger charge is 2.22. The van der Waals surface area contributed by atoms with Crippen LogP contribution >= 0.6 is 0 Å². The molecule has 1 aromatic rings. The summed E-state index contributed by atoms with van der Waals surface area (Å²) in [7, 11) is 0. The topological polar surface area (TPSA) is 20.3 Å². The van der Waals surface area contributed by atoms with Crippen LogP contribution in [0.3, 0.4) is 0 Å². The van der Waals surface area contributed by atoms with Crippen molar-refractivity contribution in [2.24, 2.45) is 0 Å². The van der Waals surface area contributed by atoms with Gasteiger partial charge in [0.15, 0.2) is 0 Å². The van der Waals surface area contributed by atoms with E-state index in [0.29, 0.717) is 6.42 Å². The fraction of sp³-hybridized carbons (Fsp3) is 0.438. The van der Waals surface area contributed by atoms with Crippen LogP contribution in [-0.4, -0.2) is 12.5 Å². The number of benzene rings is 1. The predicted octanol–water partition coefficient (Wildman–Crippen LogP) is 3.55. The minimum atomic E-state index is 0.275. The van der Waals surface area contributed by atoms with Gasteiger partial charge in [-0.25, -0.2) is 0 Å². The molecule has 1 aromatic carbocycles. The van der Waals surface area contributed by atoms with Crippen molar-refractivity contribution in [3.63, 3.8) is 0 Å². The van der Waals surface area contributed by atoms with Crippen molar-refractivity contribution >= 4 is 17.2 Å². The minimum Gasteiger partial charge on any atom is -0.312 e. The van der Waals surface area contributed by atoms with Gasteiger partial charge in [0.05, 0.1) is 0 Å². The number of hydrogen-bond donors (Lipinski definition) is 0. The second kappa shape index (κ2) is 4.60. The summed E-state index contributed by atoms with van der Waals surface area (Å²) in [5.74, 6) is 0.275. The number of fused-ring (bicyclic) bond motifs is 1. The summed E-state index contributed by atoms with van der Waals surface area (Å²) in [6.45, 7) is 3.09. The van der Waals surface area contributed by atoms with Crippen LogP contribution in [0.25, 0.3) is 5.57 Å². The van der Waals surface area contributed by atoms with Gasteiger partial charge in [-0.2, -0.15) is 0 Å². The summed E-state index contributed by atoms with van der Waals surface area (Å²) in [6, 6.07) is 6.53. The second-order valence-corrected chi connectivity index (χ2v) is 5.11. The first-order valence-electron chi connectivity index (χ1n) is 6.92. The third-order valence-corrected chi connectivity index (χ3v) is 4.01. The van der Waals surface area contributed by atoms with E-state index in [2.05, 4.69) is 31.2 Å². The Hall–Kier alpha value is -1.57. The SMILES string of the molecule is CCC1=CCCc2cc(N3CCCC3=O)ccc21. The Kier molecular flexibility index (Phi) is 2.94. The Balaban J connectivity index is 1.96. The lowest BCUT2D eigenvalue weighted by Crippen LogP contribution is -2.23. The number of allylic oxidation sites excluding steroid dienone is 2. The van der Waals surface area contributed by atoms with Crippen LogP contribution in [0.4, 0.5) is 5.69 Å². The first-order chi connectivity index (χ1) is 8.79. The van der Waals surface area contributed by atoms with Crippen LogP contribution in [-0.2, 0) is 11.2 Å². The molecule has 1 amide bonds. The van der Waals surface area contributed by atoms with E-state index in [1.165, 1.54) is 16.7 Å². The van der Waals surface area contributed by atoms with E-state index in [-0.39, 0.29) is 5.91 Å². The molecule has 3 rings (SSSR count). The molecular weight excluding hydrogens is 222 g/mol. The average molecular weight is 241 g/mol. The quantitative estimate of drug-likeness (QED) is 0.775. The molecule has 2 heteroatoms. The van der Waals surface area contributed by atoms with Crippen LogP contribution in [0.5, 0.6) is 0 Å². The smallest absolute Gasteiger partial charge is 0.227 e. The number of amides is 1. The Morgan fingerprint density at radius 1 is 1.28 bits per heavy atom. The van der Waals surface area contributed by atoms with Gasteiger partial charge in [-0.3, -0.25) is 4.79 Å². The van der Waals surface area contributed by atoms with Crippen LogP contribution in [0, 0.1) is 0 Å². The third kappa shape index (κ3) is 1.86. The average Bonchev–Trinajstić information content (AvgIpc) is 2.83. The summed E-state index contributed by atoms with van der Waals surface area (Å²) in [6.07, 6.45) is 7.38. The van der Waals surface area contributed by atoms with Gasteiger partial charge in [-0.15, -0.1) is 0 Å². The second-order valence-electron chi connectivity index (χ2n) is 5.11. The molecule has 2 aliphatic rings. The molecule has 0 aromatic heterocycles. The molecule has 2 nitrogen and oxygen atoms in total. The molecule has 1 saturated heterocycles. The van der Waals surface area contributed by atoms with E-state index in [0.717, 1.165) is 37.9 Å². The molecule has 0 atom stereocenters. The molecule has 0 spiro atoms. The van der Waals surface area contributed by atoms with Crippen molar-refractivity contribution in [1.82, 2.24) is 0 Å². The summed E-state index contributed by atoms with van der Waals surface area (Å²) < 4.78 is 0. The van der Waals surface area contributed by atoms with Crippen molar-refractivity contribution in [1.29, 1.82) is 0 Å². The number of carbonyl (C=O) groups is 1. The number of nitrogens with zero attached hydrogens (tertiary/aromatic N) is 1. The third-order valence-electron chi connectivity index (χ3n) is 4.01. The van der Waals surface area contributed by atoms with Crippen LogP contribution < -0.4 is 4.90 Å². The van der Waals surface area contributed by atoms with Crippen molar-refractivity contribution in [3.8, 4) is 0 Å². The lowest BCUT2D eigenvalue weighted by atomic mass is 9.89. The van der Waals surface area contributed by atoms with E-state index < -0.39 is 0 Å². The summed E-state index contributed by atoms with van der Waals surface area (Å²) in [5.41, 5.74) is 5.34. The molecule has 1 aliphatic heterocycles. The van der Waals surface area contributed by atoms with Gasteiger partial charge in [0, 0.05) is 18.7 Å². The number of aryl methyl sites for hydroxylation is 1. The highest BCUT2D eigenvalue weighted by Crippen LogP contribution is 2.32. The first-order valence-corrected chi connectivity index (χ1v) is 6.92. The monoisotopic (exact) mass is 241 g/mol. The van der Waals surface area contributed by atoms with Gasteiger partial charge in [0.2, 0.25) is 5.91 Å². The molecule has 1 fully saturated rings. The molecule has 0 saturated carbocycles. The van der Waals surface area contributed by atoms with Crippen LogP contribution in [0.15, 0.2) is 24.3 Å². The van der Waals surface area contributed by atoms with Gasteiger partial charge < -0.3 is 4.90 Å². The zero-order valence-electron chi connectivity index (χ0n) is 10.9. The maximum absolute atomic E-state index is 11.8. The fourth-order valence-electron chi connectivity index (χ4n) is 3.04. The molecule has 0 bridgehead atoms. The normalized spacial score (nSPS) is 18.8. The molecule has 18 heavy (non-hydrogen) atoms. The van der Waals surface area contributed by atoms with Crippen molar-refractivity contribution in [3.05, 3.63) is 35.4 Å². The Bertz CT molecular complexity index is 516. The molecule has 0 N–H and O–H groups in total. The number of anilines is 1. The maximum atomic E-state index is 11.8. The molecule has 94 valence electrons. The van der Waals surface area contributed by atoms with Crippen molar-refractivity contribution < 1.29 is 4.79 Å². The standard InChI is InChI=1S/C16H19NO/c1-2-12-5-3-6-13-11-14(8-9-15(12)13)17-10-4-7-16(17)18/h5,8-9,11H,2-4,6-7,10H2,1H3. The van der Waals surface area contributed by atoms with E-state index in [1.54, 1.807) is 0 Å². The summed E-state index contributed by atoms with van der Waals surface area (Å²) in [4.78, 5) is 13.7. The van der Waals surface area contributed by atoms with E-state index >= 15 is 0 Å². The highest BCUT2D eigenvalue weighted by atomic mass is 16.2. The van der Waals surface area contributed by atoms with E-state index in [4.69, 9.17) is 0 Å². The molecule has 0 radical (unpaired) electrons. The van der Waals surface area contributed by atoms with E-state index in [9.17, 15) is 4.79 Å². The highest BCUT2D eigenvalue weighted by molar-refractivity contribution is 5.95. The van der Waals surface area contributed by atoms with Gasteiger partial charge in [0.25, 0.3) is 0 Å². The Morgan fingerprint density at radius 3 is 2.89 bits per heavy atom. The Morgan fingerprint density at radius 2 is 2.17 bits per heavy atom. The first kappa shape index (κ1) is 11.5. The van der Waals surface area contributed by atoms with Crippen molar-refractivity contribution in [2.75, 3.05) is 11.4 Å². The lowest BCUT2D eigenvalue weighted by molar-refractivity contribution is -0.117. The largest absolute Gasteiger partial charge is 0.312 e. The number of carbonyl (C=O) groups excluding carboxylic acids is 1. The zero-order valence-corrected chi connectivity index (χ0v) is 10.9. The molecule has 1 heterocycles. The molecular formula is C16H19NO. The van der Waals surface area contributed by atoms with Gasteiger partial charge in [-0.05, 0) is 54.5 Å². The lowest BCUT2D eigenvalue weighted by Gasteiger charge is -2.21. The minimum absolute atomic E-state index is 0.275. The van der Waals surface area contributed by atoms with E-state index in [1.807, 2.05) is 4.90 Å². The maximum Gasteiger partial charge on any atom is 0.227 e. The summed E-state index contributed by atoms with van der Waals surface area (Å²) >= 11 is 0. The Labute approximate surface area is 108 Å². The van der Waals surface area contributed by atoms with Gasteiger partial charge in [-0.1, -0.05) is 19.1 Å². The predicted molar refractivity (Wildman–Crippen MR) is 74.6 cm³/mol. The zero-order chi connectivity index (χ0) is 12.5. The van der Waals surface area contributed by atoms with Crippen LogP contribution in [0.1, 0.15) is 43.7 Å². The molecule has 0 unspecified atom stereocenters.